The highest BCUT2D eigenvalue weighted by atomic mass is 16.3. The number of aromatic nitrogens is 1. The summed E-state index contributed by atoms with van der Waals surface area (Å²) < 4.78 is 1.41. The van der Waals surface area contributed by atoms with Crippen LogP contribution >= 0.6 is 0 Å². The van der Waals surface area contributed by atoms with E-state index in [1.165, 1.54) is 4.57 Å². The van der Waals surface area contributed by atoms with Gasteiger partial charge in [-0.15, -0.1) is 0 Å². The van der Waals surface area contributed by atoms with E-state index in [0.717, 1.165) is 22.5 Å². The summed E-state index contributed by atoms with van der Waals surface area (Å²) in [5, 5.41) is 14.8. The number of carbonyl (C=O) groups is 1. The number of Topliss-reactive ketones (excluding diaryl/α,β-unsaturated/α-hetero) is 1. The summed E-state index contributed by atoms with van der Waals surface area (Å²) in [7, 11) is 5.56. The van der Waals surface area contributed by atoms with E-state index in [1.54, 1.807) is 31.3 Å². The molecule has 6 heteroatoms. The minimum absolute atomic E-state index is 0.0102. The minimum Gasteiger partial charge on any atom is -0.506 e. The zero-order valence-electron chi connectivity index (χ0n) is 19.9. The Hall–Kier alpha value is -4.06. The molecule has 0 aliphatic carbocycles. The monoisotopic (exact) mass is 455 g/mol. The van der Waals surface area contributed by atoms with Crippen LogP contribution in [0, 0.1) is 6.92 Å². The van der Waals surface area contributed by atoms with Crippen LogP contribution in [0.5, 0.6) is 5.75 Å². The fourth-order valence-corrected chi connectivity index (χ4v) is 4.13. The number of rotatable bonds is 7. The largest absolute Gasteiger partial charge is 0.506 e. The van der Waals surface area contributed by atoms with Gasteiger partial charge in [0.2, 0.25) is 0 Å². The van der Waals surface area contributed by atoms with Crippen molar-refractivity contribution in [1.82, 2.24) is 4.57 Å². The summed E-state index contributed by atoms with van der Waals surface area (Å²) in [4.78, 5) is 28.5. The Balaban J connectivity index is 1.73. The van der Waals surface area contributed by atoms with Crippen molar-refractivity contribution in [2.75, 3.05) is 24.3 Å². The molecule has 0 radical (unpaired) electrons. The highest BCUT2D eigenvalue weighted by Crippen LogP contribution is 2.30. The number of carbonyl (C=O) groups excluding carboxylic acids is 1. The van der Waals surface area contributed by atoms with Gasteiger partial charge < -0.3 is 19.9 Å². The fraction of sp³-hybridized carbons (Fsp3) is 0.214. The maximum absolute atomic E-state index is 13.5. The molecule has 0 unspecified atom stereocenters. The molecule has 1 aromatic heterocycles. The van der Waals surface area contributed by atoms with Crippen molar-refractivity contribution in [2.45, 2.75) is 19.4 Å². The Morgan fingerprint density at radius 3 is 2.29 bits per heavy atom. The van der Waals surface area contributed by atoms with Gasteiger partial charge in [-0.1, -0.05) is 42.0 Å². The molecule has 1 atom stereocenters. The molecule has 4 rings (SSSR count). The number of nitrogens with one attached hydrogen (secondary N) is 1. The van der Waals surface area contributed by atoms with Gasteiger partial charge in [0.25, 0.3) is 5.56 Å². The number of para-hydroxylation sites is 1. The van der Waals surface area contributed by atoms with Crippen molar-refractivity contribution < 1.29 is 9.90 Å². The fourth-order valence-electron chi connectivity index (χ4n) is 4.13. The predicted octanol–water partition coefficient (Wildman–Crippen LogP) is 5.04. The lowest BCUT2D eigenvalue weighted by Gasteiger charge is -2.22. The SMILES string of the molecule is Cc1ccc(N[C@@H](CC(=O)c2c(O)c3ccccc3n(C)c2=O)c2ccc(N(C)C)cc2)cc1. The molecule has 6 nitrogen and oxygen atoms in total. The number of anilines is 2. The Labute approximate surface area is 199 Å². The first-order valence-electron chi connectivity index (χ1n) is 11.2. The van der Waals surface area contributed by atoms with Crippen LogP contribution < -0.4 is 15.8 Å². The highest BCUT2D eigenvalue weighted by Gasteiger charge is 2.25. The van der Waals surface area contributed by atoms with E-state index in [1.807, 2.05) is 74.4 Å². The number of fused-ring (bicyclic) bond motifs is 1. The van der Waals surface area contributed by atoms with Crippen LogP contribution in [-0.2, 0) is 7.05 Å². The molecule has 0 amide bonds. The molecule has 0 saturated heterocycles. The predicted molar refractivity (Wildman–Crippen MR) is 138 cm³/mol. The van der Waals surface area contributed by atoms with Crippen molar-refractivity contribution in [2.24, 2.45) is 7.05 Å². The molecule has 0 saturated carbocycles. The van der Waals surface area contributed by atoms with Crippen molar-refractivity contribution >= 4 is 28.1 Å². The maximum Gasteiger partial charge on any atom is 0.265 e. The van der Waals surface area contributed by atoms with E-state index in [0.29, 0.717) is 10.9 Å². The van der Waals surface area contributed by atoms with Crippen LogP contribution in [0.25, 0.3) is 10.9 Å². The van der Waals surface area contributed by atoms with Crippen LogP contribution in [0.4, 0.5) is 11.4 Å². The Bertz CT molecular complexity index is 1390. The Morgan fingerprint density at radius 2 is 1.65 bits per heavy atom. The lowest BCUT2D eigenvalue weighted by atomic mass is 9.96. The molecule has 1 heterocycles. The normalized spacial score (nSPS) is 11.9. The second kappa shape index (κ2) is 9.43. The molecule has 2 N–H and O–H groups in total. The van der Waals surface area contributed by atoms with Gasteiger partial charge in [0, 0.05) is 44.3 Å². The van der Waals surface area contributed by atoms with Crippen LogP contribution in [0.2, 0.25) is 0 Å². The third-order valence-corrected chi connectivity index (χ3v) is 6.15. The third kappa shape index (κ3) is 4.53. The molecule has 174 valence electrons. The summed E-state index contributed by atoms with van der Waals surface area (Å²) >= 11 is 0. The average Bonchev–Trinajstić information content (AvgIpc) is 2.84. The number of nitrogens with zero attached hydrogens (tertiary/aromatic N) is 2. The zero-order chi connectivity index (χ0) is 24.4. The highest BCUT2D eigenvalue weighted by molar-refractivity contribution is 6.03. The molecule has 4 aromatic rings. The topological polar surface area (TPSA) is 74.6 Å². The number of hydrogen-bond donors (Lipinski definition) is 2. The van der Waals surface area contributed by atoms with Gasteiger partial charge >= 0.3 is 0 Å². The number of aromatic hydroxyl groups is 1. The number of aryl methyl sites for hydroxylation is 2. The van der Waals surface area contributed by atoms with E-state index in [4.69, 9.17) is 0 Å². The quantitative estimate of drug-likeness (QED) is 0.382. The molecule has 0 fully saturated rings. The molecule has 0 aliphatic heterocycles. The molecule has 0 bridgehead atoms. The standard InChI is InChI=1S/C28H29N3O3/c1-18-9-13-20(14-10-18)29-23(19-11-15-21(16-12-19)30(2)3)17-25(32)26-27(33)22-7-5-6-8-24(22)31(4)28(26)34/h5-16,23,29,33H,17H2,1-4H3/t23-/m0/s1. The number of hydrogen-bond acceptors (Lipinski definition) is 5. The second-order valence-corrected chi connectivity index (χ2v) is 8.78. The zero-order valence-corrected chi connectivity index (χ0v) is 19.9. The number of benzene rings is 3. The summed E-state index contributed by atoms with van der Waals surface area (Å²) in [6, 6.07) is 22.5. The summed E-state index contributed by atoms with van der Waals surface area (Å²) in [5.41, 5.74) is 3.87. The van der Waals surface area contributed by atoms with E-state index < -0.39 is 11.3 Å². The molecule has 34 heavy (non-hydrogen) atoms. The number of pyridine rings is 1. The molecular weight excluding hydrogens is 426 g/mol. The van der Waals surface area contributed by atoms with E-state index in [-0.39, 0.29) is 23.8 Å². The third-order valence-electron chi connectivity index (χ3n) is 6.15. The first-order valence-corrected chi connectivity index (χ1v) is 11.2. The van der Waals surface area contributed by atoms with Crippen LogP contribution in [0.1, 0.15) is 33.9 Å². The van der Waals surface area contributed by atoms with Crippen LogP contribution in [0.15, 0.2) is 77.6 Å². The summed E-state index contributed by atoms with van der Waals surface area (Å²) in [5.74, 6) is -0.675. The van der Waals surface area contributed by atoms with Gasteiger partial charge in [0.1, 0.15) is 11.3 Å². The lowest BCUT2D eigenvalue weighted by Crippen LogP contribution is -2.26. The van der Waals surface area contributed by atoms with Gasteiger partial charge in [-0.2, -0.15) is 0 Å². The van der Waals surface area contributed by atoms with Gasteiger partial charge in [0.05, 0.1) is 11.6 Å². The van der Waals surface area contributed by atoms with Gasteiger partial charge in [0.15, 0.2) is 5.78 Å². The Kier molecular flexibility index (Phi) is 6.41. The van der Waals surface area contributed by atoms with Crippen molar-refractivity contribution in [3.05, 3.63) is 99.8 Å². The summed E-state index contributed by atoms with van der Waals surface area (Å²) in [6.45, 7) is 2.02. The van der Waals surface area contributed by atoms with Gasteiger partial charge in [-0.25, -0.2) is 0 Å². The average molecular weight is 456 g/mol. The minimum atomic E-state index is -0.502. The summed E-state index contributed by atoms with van der Waals surface area (Å²) in [6.07, 6.45) is 0.0102. The van der Waals surface area contributed by atoms with E-state index >= 15 is 0 Å². The first-order chi connectivity index (χ1) is 16.3. The molecule has 0 aliphatic rings. The van der Waals surface area contributed by atoms with Crippen molar-refractivity contribution in [3.8, 4) is 5.75 Å². The van der Waals surface area contributed by atoms with Gasteiger partial charge in [-0.05, 0) is 48.9 Å². The van der Waals surface area contributed by atoms with E-state index in [9.17, 15) is 14.7 Å². The van der Waals surface area contributed by atoms with Crippen molar-refractivity contribution in [3.63, 3.8) is 0 Å². The second-order valence-electron chi connectivity index (χ2n) is 8.78. The maximum atomic E-state index is 13.5. The van der Waals surface area contributed by atoms with E-state index in [2.05, 4.69) is 5.32 Å². The first kappa shape index (κ1) is 23.1. The van der Waals surface area contributed by atoms with Crippen LogP contribution in [0.3, 0.4) is 0 Å². The molecular formula is C28H29N3O3. The van der Waals surface area contributed by atoms with Crippen molar-refractivity contribution in [1.29, 1.82) is 0 Å². The molecule has 0 spiro atoms. The lowest BCUT2D eigenvalue weighted by molar-refractivity contribution is 0.0972. The molecule has 3 aromatic carbocycles. The Morgan fingerprint density at radius 1 is 1.00 bits per heavy atom. The smallest absolute Gasteiger partial charge is 0.265 e. The van der Waals surface area contributed by atoms with Crippen LogP contribution in [-0.4, -0.2) is 29.6 Å². The van der Waals surface area contributed by atoms with Gasteiger partial charge in [-0.3, -0.25) is 9.59 Å². The number of ketones is 1.